The summed E-state index contributed by atoms with van der Waals surface area (Å²) in [7, 11) is 0. The van der Waals surface area contributed by atoms with Crippen LogP contribution in [0.4, 0.5) is 0 Å². The second-order valence-corrected chi connectivity index (χ2v) is 5.33. The van der Waals surface area contributed by atoms with Crippen LogP contribution >= 0.6 is 0 Å². The van der Waals surface area contributed by atoms with Gasteiger partial charge in [-0.15, -0.1) is 0 Å². The minimum absolute atomic E-state index is 0.597. The summed E-state index contributed by atoms with van der Waals surface area (Å²) in [6.45, 7) is 13.4. The van der Waals surface area contributed by atoms with Gasteiger partial charge in [-0.2, -0.15) is 0 Å². The van der Waals surface area contributed by atoms with Gasteiger partial charge < -0.3 is 22.3 Å². The number of nitrogens with one attached hydrogen (secondary N) is 2. The van der Waals surface area contributed by atoms with Crippen molar-refractivity contribution in [3.8, 4) is 0 Å². The molecule has 6 N–H and O–H groups in total. The highest BCUT2D eigenvalue weighted by atomic mass is 14.6. The van der Waals surface area contributed by atoms with Crippen LogP contribution in [-0.2, 0) is 0 Å². The van der Waals surface area contributed by atoms with Crippen molar-refractivity contribution in [1.29, 1.82) is 10.8 Å². The lowest BCUT2D eigenvalue weighted by Gasteiger charge is -1.98. The monoisotopic (exact) mass is 258 g/mol. The molecule has 0 aromatic heterocycles. The average Bonchev–Trinajstić information content (AvgIpc) is 2.14. The van der Waals surface area contributed by atoms with E-state index in [4.69, 9.17) is 22.3 Å². The molecule has 0 saturated heterocycles. The summed E-state index contributed by atoms with van der Waals surface area (Å²) in [4.78, 5) is 0. The molecule has 0 saturated carbocycles. The smallest absolute Gasteiger partial charge is 0.00607 e. The topological polar surface area (TPSA) is 99.7 Å². The van der Waals surface area contributed by atoms with Gasteiger partial charge in [0.05, 0.1) is 0 Å². The Morgan fingerprint density at radius 3 is 1.00 bits per heavy atom. The molecule has 0 unspecified atom stereocenters. The number of nitrogens with two attached hydrogens (primary N) is 2. The first-order chi connectivity index (χ1) is 8.17. The largest absolute Gasteiger partial charge is 0.329 e. The highest BCUT2D eigenvalue weighted by molar-refractivity contribution is 5.78. The van der Waals surface area contributed by atoms with Crippen molar-refractivity contribution in [2.45, 2.75) is 54.4 Å². The quantitative estimate of drug-likeness (QED) is 0.570. The normalized spacial score (nSPS) is 9.22. The van der Waals surface area contributed by atoms with Gasteiger partial charge in [-0.1, -0.05) is 27.7 Å². The molecule has 110 valence electrons. The van der Waals surface area contributed by atoms with E-state index in [9.17, 15) is 0 Å². The number of rotatable bonds is 5. The van der Waals surface area contributed by atoms with E-state index >= 15 is 0 Å². The molecule has 0 fully saturated rings. The van der Waals surface area contributed by atoms with E-state index in [1.54, 1.807) is 0 Å². The predicted molar refractivity (Wildman–Crippen MR) is 83.8 cm³/mol. The standard InChI is InChI=1S/2C6H13N.C2H8N2/c2*1-5(2)4-6(3)7;3-1-2-4/h2*5,7H,4H2,1-3H3;1-4H2. The molecule has 4 heteroatoms. The number of hydrogen-bond donors (Lipinski definition) is 4. The van der Waals surface area contributed by atoms with E-state index < -0.39 is 0 Å². The highest BCUT2D eigenvalue weighted by Gasteiger charge is 1.92. The van der Waals surface area contributed by atoms with Gasteiger partial charge in [-0.05, 0) is 38.5 Å². The van der Waals surface area contributed by atoms with Crippen molar-refractivity contribution in [2.24, 2.45) is 23.3 Å². The van der Waals surface area contributed by atoms with Crippen molar-refractivity contribution in [3.05, 3.63) is 0 Å². The van der Waals surface area contributed by atoms with Crippen molar-refractivity contribution in [3.63, 3.8) is 0 Å². The second-order valence-electron chi connectivity index (χ2n) is 5.33. The third-order valence-corrected chi connectivity index (χ3v) is 1.60. The van der Waals surface area contributed by atoms with Gasteiger partial charge in [0.15, 0.2) is 0 Å². The third-order valence-electron chi connectivity index (χ3n) is 1.60. The van der Waals surface area contributed by atoms with Crippen LogP contribution in [0.1, 0.15) is 54.4 Å². The summed E-state index contributed by atoms with van der Waals surface area (Å²) in [5.41, 5.74) is 11.4. The van der Waals surface area contributed by atoms with E-state index in [0.29, 0.717) is 24.9 Å². The second kappa shape index (κ2) is 16.3. The first-order valence-electron chi connectivity index (χ1n) is 6.65. The molecule has 0 amide bonds. The molecule has 0 aliphatic heterocycles. The minimum Gasteiger partial charge on any atom is -0.329 e. The molecule has 0 aliphatic rings. The minimum atomic E-state index is 0.597. The van der Waals surface area contributed by atoms with Crippen LogP contribution in [0, 0.1) is 22.7 Å². The molecule has 18 heavy (non-hydrogen) atoms. The third kappa shape index (κ3) is 45.5. The van der Waals surface area contributed by atoms with Crippen molar-refractivity contribution in [2.75, 3.05) is 13.1 Å². The van der Waals surface area contributed by atoms with Crippen LogP contribution < -0.4 is 11.5 Å². The Bertz CT molecular complexity index is 176. The van der Waals surface area contributed by atoms with Gasteiger partial charge in [0.2, 0.25) is 0 Å². The van der Waals surface area contributed by atoms with Gasteiger partial charge in [0.25, 0.3) is 0 Å². The molecule has 0 radical (unpaired) electrons. The summed E-state index contributed by atoms with van der Waals surface area (Å²) in [6, 6.07) is 0. The molecule has 0 atom stereocenters. The molecule has 0 heterocycles. The van der Waals surface area contributed by atoms with E-state index in [1.807, 2.05) is 13.8 Å². The fourth-order valence-electron chi connectivity index (χ4n) is 1.22. The van der Waals surface area contributed by atoms with E-state index in [2.05, 4.69) is 27.7 Å². The Hall–Kier alpha value is -0.740. The number of hydrogen-bond acceptors (Lipinski definition) is 4. The van der Waals surface area contributed by atoms with Gasteiger partial charge in [-0.25, -0.2) is 0 Å². The zero-order valence-electron chi connectivity index (χ0n) is 13.1. The summed E-state index contributed by atoms with van der Waals surface area (Å²) in [5, 5.41) is 14.0. The molecule has 0 spiro atoms. The van der Waals surface area contributed by atoms with Crippen LogP contribution in [0.2, 0.25) is 0 Å². The lowest BCUT2D eigenvalue weighted by atomic mass is 10.1. The van der Waals surface area contributed by atoms with Crippen molar-refractivity contribution in [1.82, 2.24) is 0 Å². The summed E-state index contributed by atoms with van der Waals surface area (Å²) in [5.74, 6) is 1.30. The Labute approximate surface area is 114 Å². The Morgan fingerprint density at radius 2 is 1.00 bits per heavy atom. The average molecular weight is 258 g/mol. The van der Waals surface area contributed by atoms with Gasteiger partial charge >= 0.3 is 0 Å². The summed E-state index contributed by atoms with van der Waals surface area (Å²) < 4.78 is 0. The molecule has 0 aromatic carbocycles. The van der Waals surface area contributed by atoms with E-state index in [0.717, 1.165) is 24.3 Å². The molecule has 0 aliphatic carbocycles. The van der Waals surface area contributed by atoms with Crippen molar-refractivity contribution < 1.29 is 0 Å². The Morgan fingerprint density at radius 1 is 0.778 bits per heavy atom. The lowest BCUT2D eigenvalue weighted by Crippen LogP contribution is -2.11. The first-order valence-corrected chi connectivity index (χ1v) is 6.65. The molecular weight excluding hydrogens is 224 g/mol. The van der Waals surface area contributed by atoms with Crippen LogP contribution in [0.25, 0.3) is 0 Å². The SMILES string of the molecule is CC(=N)CC(C)C.CC(=N)CC(C)C.NCCN. The van der Waals surface area contributed by atoms with E-state index in [-0.39, 0.29) is 0 Å². The van der Waals surface area contributed by atoms with Gasteiger partial charge in [-0.3, -0.25) is 0 Å². The lowest BCUT2D eigenvalue weighted by molar-refractivity contribution is 0.680. The molecule has 0 bridgehead atoms. The maximum absolute atomic E-state index is 7.02. The first kappa shape index (κ1) is 22.4. The van der Waals surface area contributed by atoms with Crippen LogP contribution in [0.3, 0.4) is 0 Å². The maximum atomic E-state index is 7.02. The van der Waals surface area contributed by atoms with Crippen LogP contribution in [0.15, 0.2) is 0 Å². The molecule has 0 aromatic rings. The molecular formula is C14H34N4. The Kier molecular flexibility index (Phi) is 20.3. The van der Waals surface area contributed by atoms with E-state index in [1.165, 1.54) is 0 Å². The van der Waals surface area contributed by atoms with Gasteiger partial charge in [0, 0.05) is 24.5 Å². The fraction of sp³-hybridized carbons (Fsp3) is 0.857. The Balaban J connectivity index is -0.000000196. The maximum Gasteiger partial charge on any atom is 0.00607 e. The molecule has 0 rings (SSSR count). The van der Waals surface area contributed by atoms with Crippen LogP contribution in [0.5, 0.6) is 0 Å². The van der Waals surface area contributed by atoms with Crippen molar-refractivity contribution >= 4 is 11.4 Å². The highest BCUT2D eigenvalue weighted by Crippen LogP contribution is 1.98. The zero-order valence-corrected chi connectivity index (χ0v) is 13.1. The summed E-state index contributed by atoms with van der Waals surface area (Å²) >= 11 is 0. The zero-order chi connectivity index (χ0) is 15.1. The summed E-state index contributed by atoms with van der Waals surface area (Å²) in [6.07, 6.45) is 1.89. The van der Waals surface area contributed by atoms with Crippen LogP contribution in [-0.4, -0.2) is 24.5 Å². The molecule has 4 nitrogen and oxygen atoms in total. The van der Waals surface area contributed by atoms with Gasteiger partial charge in [0.1, 0.15) is 0 Å². The predicted octanol–water partition coefficient (Wildman–Crippen LogP) is 3.05. The fourth-order valence-corrected chi connectivity index (χ4v) is 1.22.